The second-order valence-electron chi connectivity index (χ2n) is 11.0. The molecule has 1 radical (unpaired) electrons. The Morgan fingerprint density at radius 2 is 1.59 bits per heavy atom. The fourth-order valence-electron chi connectivity index (χ4n) is 6.35. The average molecular weight is 662 g/mol. The van der Waals surface area contributed by atoms with Crippen LogP contribution in [0.4, 0.5) is 17.1 Å². The molecule has 2 atom stereocenters. The average Bonchev–Trinajstić information content (AvgIpc) is 3.04. The quantitative estimate of drug-likeness (QED) is 0.205. The number of fused-ring (bicyclic) bond motifs is 3. The van der Waals surface area contributed by atoms with Gasteiger partial charge in [0.1, 0.15) is 11.9 Å². The van der Waals surface area contributed by atoms with E-state index in [1.54, 1.807) is 6.07 Å². The number of aliphatic hydroxyl groups excluding tert-OH is 1. The van der Waals surface area contributed by atoms with E-state index in [0.717, 1.165) is 55.7 Å². The summed E-state index contributed by atoms with van der Waals surface area (Å²) in [5.74, 6) is 0.530. The molecule has 0 saturated heterocycles. The molecule has 7 rings (SSSR count). The predicted octanol–water partition coefficient (Wildman–Crippen LogP) is 8.85. The van der Waals surface area contributed by atoms with Gasteiger partial charge in [-0.3, -0.25) is 0 Å². The summed E-state index contributed by atoms with van der Waals surface area (Å²) in [6.45, 7) is 4.02. The molecule has 2 unspecified atom stereocenters. The topological polar surface area (TPSA) is 63.9 Å². The van der Waals surface area contributed by atoms with Crippen LogP contribution in [-0.4, -0.2) is 23.2 Å². The number of carbonyl (C=O) groups is 1. The third-order valence-electron chi connectivity index (χ3n) is 8.36. The fraction of sp³-hybridized carbons (Fsp3) is 0.132. The van der Waals surface area contributed by atoms with E-state index in [-0.39, 0.29) is 44.8 Å². The van der Waals surface area contributed by atoms with Crippen LogP contribution in [0.3, 0.4) is 0 Å². The Labute approximate surface area is 270 Å². The van der Waals surface area contributed by atoms with Crippen molar-refractivity contribution in [1.29, 1.82) is 0 Å². The number of hydrogen-bond acceptors (Lipinski definition) is 4. The summed E-state index contributed by atoms with van der Waals surface area (Å²) in [4.78, 5) is 15.8. The molecule has 1 aliphatic carbocycles. The van der Waals surface area contributed by atoms with Gasteiger partial charge in [0.25, 0.3) is 0 Å². The van der Waals surface area contributed by atoms with E-state index in [1.165, 1.54) is 0 Å². The molecule has 5 aromatic rings. The maximum absolute atomic E-state index is 13.4. The second-order valence-corrected chi connectivity index (χ2v) is 11.0. The normalized spacial score (nSPS) is 16.5. The van der Waals surface area contributed by atoms with Crippen molar-refractivity contribution >= 4 is 33.7 Å². The van der Waals surface area contributed by atoms with Gasteiger partial charge in [-0.15, -0.1) is 5.69 Å². The standard InChI is InChI=1S/C38H32N2O3.Tc/c1-24-22-34(40-32-15-6-8-17-35(32)43-36-18-9-7-16-33(36)40)25(2)21-30(24)28-20-19-26-11-10-14-29(37(26)31(28)23-41)38(42)39-27-12-4-3-5-13-27;/h3-22,32,35,41H,23H2,1-2H3,(H,39,42);/p-1. The minimum atomic E-state index is -0.331. The summed E-state index contributed by atoms with van der Waals surface area (Å²) >= 11 is 0. The van der Waals surface area contributed by atoms with Crippen LogP contribution in [-0.2, 0) is 26.7 Å². The molecule has 2 aliphatic rings. The first-order chi connectivity index (χ1) is 21.0. The zero-order valence-corrected chi connectivity index (χ0v) is 26.3. The zero-order valence-electron chi connectivity index (χ0n) is 24.4. The molecule has 1 amide bonds. The van der Waals surface area contributed by atoms with Gasteiger partial charge in [-0.05, 0) is 82.8 Å². The van der Waals surface area contributed by atoms with Gasteiger partial charge in [-0.25, -0.2) is 0 Å². The first-order valence-corrected chi connectivity index (χ1v) is 14.5. The summed E-state index contributed by atoms with van der Waals surface area (Å²) in [6.07, 6.45) is 8.33. The van der Waals surface area contributed by atoms with E-state index in [1.807, 2.05) is 78.9 Å². The Morgan fingerprint density at radius 1 is 0.818 bits per heavy atom. The second kappa shape index (κ2) is 12.3. The molecule has 0 fully saturated rings. The summed E-state index contributed by atoms with van der Waals surface area (Å²) in [7, 11) is 0. The minimum Gasteiger partial charge on any atom is -0.623 e. The monoisotopic (exact) mass is 660 g/mol. The molecule has 1 aliphatic heterocycles. The molecule has 219 valence electrons. The number of ether oxygens (including phenoxy) is 1. The van der Waals surface area contributed by atoms with Crippen molar-refractivity contribution in [2.75, 3.05) is 4.90 Å². The predicted molar refractivity (Wildman–Crippen MR) is 174 cm³/mol. The summed E-state index contributed by atoms with van der Waals surface area (Å²) in [6, 6.07) is 31.5. The van der Waals surface area contributed by atoms with Crippen molar-refractivity contribution in [3.8, 4) is 16.9 Å². The number of carbonyl (C=O) groups excluding carboxylic acids is 1. The van der Waals surface area contributed by atoms with E-state index in [0.29, 0.717) is 11.3 Å². The van der Waals surface area contributed by atoms with Gasteiger partial charge in [0, 0.05) is 31.4 Å². The van der Waals surface area contributed by atoms with E-state index >= 15 is 0 Å². The Balaban J connectivity index is 0.00000343. The summed E-state index contributed by atoms with van der Waals surface area (Å²) in [5, 5.41) is 16.7. The summed E-state index contributed by atoms with van der Waals surface area (Å²) in [5.41, 5.74) is 8.04. The molecule has 1 heterocycles. The van der Waals surface area contributed by atoms with Crippen LogP contribution in [0.25, 0.3) is 27.2 Å². The van der Waals surface area contributed by atoms with Crippen molar-refractivity contribution in [2.45, 2.75) is 32.6 Å². The largest absolute Gasteiger partial charge is 0.623 e. The molecule has 0 spiro atoms. The molecular weight excluding hydrogens is 630 g/mol. The number of benzene rings is 5. The van der Waals surface area contributed by atoms with Gasteiger partial charge in [0.2, 0.25) is 0 Å². The van der Waals surface area contributed by atoms with Crippen LogP contribution in [0.1, 0.15) is 27.0 Å². The number of hydrogen-bond donors (Lipinski definition) is 1. The maximum atomic E-state index is 13.4. The SMILES string of the molecule is Cc1cc(N2c3ccccc3OC3C=CC=CC32)c(C)cc1-c1ccc2cccc(C(=O)[N-]c3ccccc3)c2c1CO.[Tc]. The number of para-hydroxylation sites is 3. The molecule has 5 aromatic carbocycles. The van der Waals surface area contributed by atoms with E-state index in [9.17, 15) is 9.90 Å². The number of aryl methyl sites for hydroxylation is 2. The molecule has 0 aromatic heterocycles. The van der Waals surface area contributed by atoms with Crippen LogP contribution in [0.5, 0.6) is 5.75 Å². The molecular formula is C38H31N2O3Tc-. The fourth-order valence-corrected chi connectivity index (χ4v) is 6.35. The maximum Gasteiger partial charge on any atom is 0.144 e. The first kappa shape index (κ1) is 29.6. The van der Waals surface area contributed by atoms with Gasteiger partial charge in [-0.2, -0.15) is 0 Å². The van der Waals surface area contributed by atoms with Crippen LogP contribution in [0, 0.1) is 13.8 Å². The Morgan fingerprint density at radius 3 is 2.41 bits per heavy atom. The number of amides is 1. The van der Waals surface area contributed by atoms with Crippen LogP contribution >= 0.6 is 0 Å². The number of nitrogens with zero attached hydrogens (tertiary/aromatic N) is 2. The Hall–Kier alpha value is -4.48. The van der Waals surface area contributed by atoms with Gasteiger partial charge in [0.05, 0.1) is 24.2 Å². The van der Waals surface area contributed by atoms with Crippen molar-refractivity contribution in [2.24, 2.45) is 0 Å². The number of anilines is 2. The van der Waals surface area contributed by atoms with E-state index < -0.39 is 0 Å². The van der Waals surface area contributed by atoms with Gasteiger partial charge in [-0.1, -0.05) is 91.0 Å². The van der Waals surface area contributed by atoms with Gasteiger partial charge >= 0.3 is 0 Å². The third kappa shape index (κ3) is 5.16. The molecule has 44 heavy (non-hydrogen) atoms. The van der Waals surface area contributed by atoms with Crippen LogP contribution in [0.15, 0.2) is 121 Å². The molecule has 5 nitrogen and oxygen atoms in total. The van der Waals surface area contributed by atoms with E-state index in [4.69, 9.17) is 4.74 Å². The molecule has 6 heteroatoms. The molecule has 0 saturated carbocycles. The first-order valence-electron chi connectivity index (χ1n) is 14.5. The van der Waals surface area contributed by atoms with Gasteiger partial charge in [0.15, 0.2) is 0 Å². The van der Waals surface area contributed by atoms with Crippen molar-refractivity contribution in [1.82, 2.24) is 0 Å². The molecule has 0 bridgehead atoms. The minimum absolute atomic E-state index is 0. The van der Waals surface area contributed by atoms with Crippen LogP contribution in [0.2, 0.25) is 0 Å². The van der Waals surface area contributed by atoms with Crippen molar-refractivity contribution in [3.05, 3.63) is 149 Å². The van der Waals surface area contributed by atoms with E-state index in [2.05, 4.69) is 60.5 Å². The number of aliphatic hydroxyl groups is 1. The number of allylic oxidation sites excluding steroid dienone is 2. The third-order valence-corrected chi connectivity index (χ3v) is 8.36. The van der Waals surface area contributed by atoms with Crippen LogP contribution < -0.4 is 9.64 Å². The molecule has 1 N–H and O–H groups in total. The summed E-state index contributed by atoms with van der Waals surface area (Å²) < 4.78 is 6.35. The Kier molecular flexibility index (Phi) is 8.24. The number of rotatable bonds is 5. The Bertz CT molecular complexity index is 1930. The van der Waals surface area contributed by atoms with Gasteiger partial charge < -0.3 is 24.9 Å². The zero-order chi connectivity index (χ0) is 29.5. The van der Waals surface area contributed by atoms with Crippen molar-refractivity contribution < 1.29 is 34.7 Å². The smallest absolute Gasteiger partial charge is 0.144 e. The van der Waals surface area contributed by atoms with Crippen molar-refractivity contribution in [3.63, 3.8) is 0 Å².